The minimum Gasteiger partial charge on any atom is -0.398 e. The Bertz CT molecular complexity index is 3200. The molecule has 0 unspecified atom stereocenters. The fraction of sp³-hybridized carbons (Fsp3) is 0.0769. The molecule has 2 nitrogen and oxygen atoms in total. The molecule has 0 radical (unpaired) electrons. The molecule has 0 saturated heterocycles. The van der Waals surface area contributed by atoms with Crippen LogP contribution in [-0.2, 0) is 6.42 Å². The Morgan fingerprint density at radius 2 is 1.29 bits per heavy atom. The lowest BCUT2D eigenvalue weighted by Crippen LogP contribution is -1.98. The van der Waals surface area contributed by atoms with Gasteiger partial charge in [0.05, 0.1) is 11.0 Å². The Kier molecular flexibility index (Phi) is 8.86. The fourth-order valence-electron chi connectivity index (χ4n) is 8.31. The van der Waals surface area contributed by atoms with E-state index in [1.165, 1.54) is 90.1 Å². The summed E-state index contributed by atoms with van der Waals surface area (Å²) in [6, 6.07) is 54.8. The predicted molar refractivity (Wildman–Crippen MR) is 247 cm³/mol. The highest BCUT2D eigenvalue weighted by molar-refractivity contribution is 7.26. The van der Waals surface area contributed by atoms with E-state index in [-0.39, 0.29) is 0 Å². The van der Waals surface area contributed by atoms with E-state index in [0.29, 0.717) is 0 Å². The molecule has 0 spiro atoms. The fourth-order valence-corrected chi connectivity index (χ4v) is 10.6. The molecule has 10 aromatic rings. The van der Waals surface area contributed by atoms with E-state index in [4.69, 9.17) is 5.73 Å². The third-order valence-electron chi connectivity index (χ3n) is 11.0. The highest BCUT2D eigenvalue weighted by Crippen LogP contribution is 2.40. The standard InChI is InChI=1S/C27H19NS2.C25H21N/c28-23(18-11-13-22-20-6-2-4-8-25(20)30-27(22)16-18)14-10-17-9-12-21-19-5-1-3-7-24(19)29-26(21)15-17;1-18-9-7-10-19(17-18)21-14-8-16-24-25(21)22-13-5-6-15-23(22)26(24)20-11-3-2-4-12-20/h1-9,11-16H,10,28H2;2-3,5-11,13-17H,4,12H2,1H3/b23-14-;. The molecular weight excluding hydrogens is 717 g/mol. The normalized spacial score (nSPS) is 13.2. The summed E-state index contributed by atoms with van der Waals surface area (Å²) in [4.78, 5) is 0. The van der Waals surface area contributed by atoms with Crippen LogP contribution in [0.2, 0.25) is 0 Å². The van der Waals surface area contributed by atoms with Gasteiger partial charge in [-0.05, 0) is 90.9 Å². The van der Waals surface area contributed by atoms with Crippen molar-refractivity contribution in [2.24, 2.45) is 5.73 Å². The van der Waals surface area contributed by atoms with Crippen LogP contribution >= 0.6 is 22.7 Å². The van der Waals surface area contributed by atoms with E-state index in [0.717, 1.165) is 30.5 Å². The summed E-state index contributed by atoms with van der Waals surface area (Å²) in [5.41, 5.74) is 17.6. The number of thiophene rings is 2. The Morgan fingerprint density at radius 3 is 2.04 bits per heavy atom. The summed E-state index contributed by atoms with van der Waals surface area (Å²) in [5.74, 6) is 0. The van der Waals surface area contributed by atoms with E-state index in [2.05, 4.69) is 187 Å². The van der Waals surface area contributed by atoms with Gasteiger partial charge < -0.3 is 10.3 Å². The van der Waals surface area contributed by atoms with Crippen LogP contribution in [0.1, 0.15) is 29.5 Å². The Hall–Kier alpha value is -6.20. The van der Waals surface area contributed by atoms with Crippen LogP contribution in [-0.4, -0.2) is 4.57 Å². The van der Waals surface area contributed by atoms with E-state index < -0.39 is 0 Å². The van der Waals surface area contributed by atoms with Crippen LogP contribution in [0, 0.1) is 6.92 Å². The second-order valence-corrected chi connectivity index (χ2v) is 16.8. The van der Waals surface area contributed by atoms with Crippen molar-refractivity contribution in [1.29, 1.82) is 0 Å². The monoisotopic (exact) mass is 756 g/mol. The van der Waals surface area contributed by atoms with Crippen molar-refractivity contribution >= 4 is 96.2 Å². The lowest BCUT2D eigenvalue weighted by atomic mass is 9.98. The zero-order valence-corrected chi connectivity index (χ0v) is 32.8. The maximum absolute atomic E-state index is 6.47. The lowest BCUT2D eigenvalue weighted by Gasteiger charge is -2.14. The molecule has 270 valence electrons. The molecule has 3 aromatic heterocycles. The molecule has 0 bridgehead atoms. The molecule has 0 aliphatic heterocycles. The first-order valence-electron chi connectivity index (χ1n) is 19.3. The number of allylic oxidation sites excluding steroid dienone is 5. The molecular formula is C52H40N2S2. The van der Waals surface area contributed by atoms with Crippen LogP contribution < -0.4 is 5.73 Å². The van der Waals surface area contributed by atoms with E-state index in [9.17, 15) is 0 Å². The van der Waals surface area contributed by atoms with Crippen molar-refractivity contribution in [3.8, 4) is 11.1 Å². The first-order chi connectivity index (χ1) is 27.6. The summed E-state index contributed by atoms with van der Waals surface area (Å²) in [5, 5.41) is 7.99. The molecule has 1 aliphatic carbocycles. The van der Waals surface area contributed by atoms with Gasteiger partial charge in [0.2, 0.25) is 0 Å². The molecule has 4 heteroatoms. The number of aromatic nitrogens is 1. The van der Waals surface area contributed by atoms with E-state index >= 15 is 0 Å². The van der Waals surface area contributed by atoms with Crippen LogP contribution in [0.15, 0.2) is 176 Å². The molecule has 0 amide bonds. The van der Waals surface area contributed by atoms with Crippen LogP contribution in [0.5, 0.6) is 0 Å². The minimum absolute atomic E-state index is 0.834. The molecule has 0 saturated carbocycles. The zero-order valence-electron chi connectivity index (χ0n) is 31.2. The molecule has 3 heterocycles. The van der Waals surface area contributed by atoms with Gasteiger partial charge in [-0.2, -0.15) is 0 Å². The Balaban J connectivity index is 0.000000139. The number of para-hydroxylation sites is 1. The average molecular weight is 757 g/mol. The molecule has 7 aromatic carbocycles. The number of benzene rings is 7. The lowest BCUT2D eigenvalue weighted by molar-refractivity contribution is 0.979. The third-order valence-corrected chi connectivity index (χ3v) is 13.3. The molecule has 11 rings (SSSR count). The number of aryl methyl sites for hydroxylation is 1. The first-order valence-corrected chi connectivity index (χ1v) is 21.0. The molecule has 0 atom stereocenters. The van der Waals surface area contributed by atoms with Gasteiger partial charge in [0.1, 0.15) is 0 Å². The van der Waals surface area contributed by atoms with Gasteiger partial charge in [0.15, 0.2) is 0 Å². The van der Waals surface area contributed by atoms with Crippen LogP contribution in [0.3, 0.4) is 0 Å². The van der Waals surface area contributed by atoms with Crippen molar-refractivity contribution in [3.05, 3.63) is 193 Å². The second kappa shape index (κ2) is 14.5. The van der Waals surface area contributed by atoms with Crippen molar-refractivity contribution in [2.45, 2.75) is 26.2 Å². The van der Waals surface area contributed by atoms with Gasteiger partial charge in [-0.15, -0.1) is 22.7 Å². The van der Waals surface area contributed by atoms with Crippen molar-refractivity contribution < 1.29 is 0 Å². The largest absolute Gasteiger partial charge is 0.398 e. The van der Waals surface area contributed by atoms with E-state index in [1.54, 1.807) is 0 Å². The summed E-state index contributed by atoms with van der Waals surface area (Å²) in [6.45, 7) is 2.16. The molecule has 0 fully saturated rings. The molecule has 1 aliphatic rings. The maximum Gasteiger partial charge on any atom is 0.0544 e. The van der Waals surface area contributed by atoms with Gasteiger partial charge in [0.25, 0.3) is 0 Å². The zero-order chi connectivity index (χ0) is 37.6. The minimum atomic E-state index is 0.834. The maximum atomic E-state index is 6.47. The summed E-state index contributed by atoms with van der Waals surface area (Å²) < 4.78 is 7.75. The van der Waals surface area contributed by atoms with Gasteiger partial charge in [0, 0.05) is 62.5 Å². The van der Waals surface area contributed by atoms with E-state index in [1.807, 2.05) is 22.7 Å². The first kappa shape index (κ1) is 34.3. The van der Waals surface area contributed by atoms with Gasteiger partial charge in [-0.25, -0.2) is 0 Å². The van der Waals surface area contributed by atoms with Crippen molar-refractivity contribution in [3.63, 3.8) is 0 Å². The van der Waals surface area contributed by atoms with Crippen molar-refractivity contribution in [2.75, 3.05) is 0 Å². The average Bonchev–Trinajstić information content (AvgIpc) is 3.92. The summed E-state index contributed by atoms with van der Waals surface area (Å²) >= 11 is 3.69. The Labute approximate surface area is 334 Å². The highest BCUT2D eigenvalue weighted by Gasteiger charge is 2.17. The smallest absolute Gasteiger partial charge is 0.0544 e. The third kappa shape index (κ3) is 6.21. The second-order valence-electron chi connectivity index (χ2n) is 14.6. The summed E-state index contributed by atoms with van der Waals surface area (Å²) in [7, 11) is 0. The van der Waals surface area contributed by atoms with Gasteiger partial charge in [-0.3, -0.25) is 0 Å². The Morgan fingerprint density at radius 1 is 0.625 bits per heavy atom. The predicted octanol–water partition coefficient (Wildman–Crippen LogP) is 14.9. The number of nitrogens with zero attached hydrogens (tertiary/aromatic N) is 1. The molecule has 56 heavy (non-hydrogen) atoms. The van der Waals surface area contributed by atoms with Crippen LogP contribution in [0.25, 0.3) is 84.7 Å². The topological polar surface area (TPSA) is 30.9 Å². The van der Waals surface area contributed by atoms with Crippen LogP contribution in [0.4, 0.5) is 0 Å². The quantitative estimate of drug-likeness (QED) is 0.186. The number of hydrogen-bond donors (Lipinski definition) is 1. The number of rotatable bonds is 5. The highest BCUT2D eigenvalue weighted by atomic mass is 32.1. The van der Waals surface area contributed by atoms with Gasteiger partial charge >= 0.3 is 0 Å². The number of nitrogens with two attached hydrogens (primary N) is 1. The summed E-state index contributed by atoms with van der Waals surface area (Å²) in [6.07, 6.45) is 11.9. The number of hydrogen-bond acceptors (Lipinski definition) is 3. The number of fused-ring (bicyclic) bond motifs is 9. The van der Waals surface area contributed by atoms with Crippen molar-refractivity contribution in [1.82, 2.24) is 4.57 Å². The van der Waals surface area contributed by atoms with Gasteiger partial charge in [-0.1, -0.05) is 139 Å². The molecule has 2 N–H and O–H groups in total. The SMILES string of the molecule is Cc1cccc(-c2cccc3c2c2ccccc2n3C2=CC=CCC2)c1.N/C(=C\Cc1ccc2c(c1)sc1ccccc12)c1ccc2c(c1)sc1ccccc12.